The summed E-state index contributed by atoms with van der Waals surface area (Å²) in [6.45, 7) is 1.26. The van der Waals surface area contributed by atoms with E-state index in [2.05, 4.69) is 4.72 Å². The van der Waals surface area contributed by atoms with Crippen molar-refractivity contribution in [2.45, 2.75) is 12.6 Å². The van der Waals surface area contributed by atoms with Crippen molar-refractivity contribution in [3.63, 3.8) is 0 Å². The summed E-state index contributed by atoms with van der Waals surface area (Å²) in [5.74, 6) is -0.113. The zero-order valence-electron chi connectivity index (χ0n) is 12.4. The number of amides is 1. The van der Waals surface area contributed by atoms with Crippen LogP contribution in [0.25, 0.3) is 0 Å². The molecule has 7 nitrogen and oxygen atoms in total. The predicted molar refractivity (Wildman–Crippen MR) is 85.9 cm³/mol. The fourth-order valence-electron chi connectivity index (χ4n) is 2.64. The summed E-state index contributed by atoms with van der Waals surface area (Å²) in [5, 5.41) is 4.93. The fourth-order valence-corrected chi connectivity index (χ4v) is 3.25. The van der Waals surface area contributed by atoms with Crippen molar-refractivity contribution in [2.75, 3.05) is 13.1 Å². The van der Waals surface area contributed by atoms with E-state index in [1.165, 1.54) is 0 Å². The molecule has 0 unspecified atom stereocenters. The van der Waals surface area contributed by atoms with Gasteiger partial charge in [-0.3, -0.25) is 4.79 Å². The van der Waals surface area contributed by atoms with Crippen molar-refractivity contribution in [3.8, 4) is 0 Å². The van der Waals surface area contributed by atoms with Gasteiger partial charge in [0.25, 0.3) is 16.1 Å². The number of benzene rings is 1. The molecule has 1 aliphatic rings. The first-order chi connectivity index (χ1) is 10.9. The number of hydrogen-bond acceptors (Lipinski definition) is 3. The zero-order chi connectivity index (χ0) is 16.4. The van der Waals surface area contributed by atoms with E-state index in [1.807, 2.05) is 47.2 Å². The molecule has 3 rings (SSSR count). The van der Waals surface area contributed by atoms with Crippen molar-refractivity contribution in [3.05, 3.63) is 59.9 Å². The molecule has 0 saturated carbocycles. The molecule has 3 N–H and O–H groups in total. The molecule has 8 heteroatoms. The Morgan fingerprint density at radius 1 is 1.17 bits per heavy atom. The first-order valence-corrected chi connectivity index (χ1v) is 8.75. The van der Waals surface area contributed by atoms with E-state index < -0.39 is 10.2 Å². The smallest absolute Gasteiger partial charge is 0.274 e. The second-order valence-electron chi connectivity index (χ2n) is 5.58. The van der Waals surface area contributed by atoms with Gasteiger partial charge >= 0.3 is 0 Å². The fraction of sp³-hybridized carbons (Fsp3) is 0.267. The van der Waals surface area contributed by atoms with Crippen LogP contribution >= 0.6 is 0 Å². The number of hydrogen-bond donors (Lipinski definition) is 2. The molecule has 1 amide bonds. The van der Waals surface area contributed by atoms with Gasteiger partial charge in [0.2, 0.25) is 0 Å². The van der Waals surface area contributed by atoms with Crippen LogP contribution in [0.3, 0.4) is 0 Å². The molecule has 0 bridgehead atoms. The van der Waals surface area contributed by atoms with Gasteiger partial charge in [-0.25, -0.2) is 5.14 Å². The molecule has 23 heavy (non-hydrogen) atoms. The highest BCUT2D eigenvalue weighted by atomic mass is 32.2. The monoisotopic (exact) mass is 334 g/mol. The Morgan fingerprint density at radius 2 is 1.87 bits per heavy atom. The number of nitrogens with zero attached hydrogens (tertiary/aromatic N) is 2. The molecule has 1 aliphatic heterocycles. The van der Waals surface area contributed by atoms with Crippen LogP contribution in [0.1, 0.15) is 16.1 Å². The van der Waals surface area contributed by atoms with Crippen molar-refractivity contribution in [2.24, 2.45) is 5.14 Å². The van der Waals surface area contributed by atoms with E-state index in [1.54, 1.807) is 11.0 Å². The summed E-state index contributed by atoms with van der Waals surface area (Å²) >= 11 is 0. The zero-order valence-corrected chi connectivity index (χ0v) is 13.2. The van der Waals surface area contributed by atoms with Crippen LogP contribution in [0.5, 0.6) is 0 Å². The molecule has 0 spiro atoms. The molecule has 0 aliphatic carbocycles. The summed E-state index contributed by atoms with van der Waals surface area (Å²) in [6.07, 6.45) is 1.86. The molecule has 0 radical (unpaired) electrons. The molecule has 1 aromatic carbocycles. The van der Waals surface area contributed by atoms with E-state index in [-0.39, 0.29) is 11.9 Å². The molecule has 122 valence electrons. The van der Waals surface area contributed by atoms with Crippen LogP contribution in [0.2, 0.25) is 0 Å². The minimum atomic E-state index is -3.73. The minimum absolute atomic E-state index is 0.113. The Bertz CT molecular complexity index is 795. The quantitative estimate of drug-likeness (QED) is 0.815. The first-order valence-electron chi connectivity index (χ1n) is 7.21. The van der Waals surface area contributed by atoms with Crippen LogP contribution in [0.15, 0.2) is 48.7 Å². The van der Waals surface area contributed by atoms with Crippen molar-refractivity contribution >= 4 is 16.1 Å². The van der Waals surface area contributed by atoms with Crippen LogP contribution < -0.4 is 9.86 Å². The second kappa shape index (κ2) is 6.15. The van der Waals surface area contributed by atoms with Crippen molar-refractivity contribution < 1.29 is 13.2 Å². The van der Waals surface area contributed by atoms with Crippen LogP contribution in [-0.2, 0) is 16.8 Å². The highest BCUT2D eigenvalue weighted by Gasteiger charge is 2.33. The standard InChI is InChI=1S/C15H18N4O3S/c16-23(21,22)17-13-10-19(11-13)15(20)14-7-4-8-18(14)9-12-5-2-1-3-6-12/h1-8,13,17H,9-11H2,(H2,16,21,22). The third kappa shape index (κ3) is 3.79. The van der Waals surface area contributed by atoms with Gasteiger partial charge < -0.3 is 9.47 Å². The third-order valence-corrected chi connectivity index (χ3v) is 4.41. The Balaban J connectivity index is 1.65. The van der Waals surface area contributed by atoms with Gasteiger partial charge in [0.15, 0.2) is 0 Å². The van der Waals surface area contributed by atoms with E-state index >= 15 is 0 Å². The Labute approximate surface area is 134 Å². The van der Waals surface area contributed by atoms with Gasteiger partial charge in [-0.05, 0) is 17.7 Å². The van der Waals surface area contributed by atoms with Crippen LogP contribution in [-0.4, -0.2) is 42.9 Å². The van der Waals surface area contributed by atoms with Gasteiger partial charge in [-0.2, -0.15) is 13.1 Å². The summed E-state index contributed by atoms with van der Waals surface area (Å²) in [6, 6.07) is 13.2. The molecule has 1 fully saturated rings. The topological polar surface area (TPSA) is 97.4 Å². The summed E-state index contributed by atoms with van der Waals surface area (Å²) in [7, 11) is -3.73. The van der Waals surface area contributed by atoms with Gasteiger partial charge in [-0.1, -0.05) is 30.3 Å². The highest BCUT2D eigenvalue weighted by Crippen LogP contribution is 2.15. The lowest BCUT2D eigenvalue weighted by atomic mass is 10.1. The maximum absolute atomic E-state index is 12.5. The average molecular weight is 334 g/mol. The number of carbonyl (C=O) groups excluding carboxylic acids is 1. The summed E-state index contributed by atoms with van der Waals surface area (Å²) in [4.78, 5) is 14.1. The third-order valence-electron chi connectivity index (χ3n) is 3.74. The second-order valence-corrected chi connectivity index (χ2v) is 6.90. The minimum Gasteiger partial charge on any atom is -0.339 e. The number of rotatable bonds is 5. The SMILES string of the molecule is NS(=O)(=O)NC1CN(C(=O)c2cccn2Cc2ccccc2)C1. The number of carbonyl (C=O) groups is 1. The van der Waals surface area contributed by atoms with Gasteiger partial charge in [-0.15, -0.1) is 0 Å². The lowest BCUT2D eigenvalue weighted by molar-refractivity contribution is 0.0581. The summed E-state index contributed by atoms with van der Waals surface area (Å²) < 4.78 is 26.1. The molecular weight excluding hydrogens is 316 g/mol. The van der Waals surface area contributed by atoms with Crippen molar-refractivity contribution in [1.82, 2.24) is 14.2 Å². The molecular formula is C15H18N4O3S. The maximum Gasteiger partial charge on any atom is 0.274 e. The molecule has 0 atom stereocenters. The maximum atomic E-state index is 12.5. The lowest BCUT2D eigenvalue weighted by Gasteiger charge is -2.39. The largest absolute Gasteiger partial charge is 0.339 e. The lowest BCUT2D eigenvalue weighted by Crippen LogP contribution is -2.61. The highest BCUT2D eigenvalue weighted by molar-refractivity contribution is 7.87. The van der Waals surface area contributed by atoms with E-state index in [9.17, 15) is 13.2 Å². The van der Waals surface area contributed by atoms with E-state index in [4.69, 9.17) is 5.14 Å². The molecule has 1 aromatic heterocycles. The number of nitrogens with one attached hydrogen (secondary N) is 1. The Hall–Kier alpha value is -2.16. The number of nitrogens with two attached hydrogens (primary N) is 1. The number of aromatic nitrogens is 1. The van der Waals surface area contributed by atoms with Gasteiger partial charge in [0.05, 0.1) is 6.04 Å². The Morgan fingerprint density at radius 3 is 2.52 bits per heavy atom. The van der Waals surface area contributed by atoms with E-state index in [0.717, 1.165) is 5.56 Å². The van der Waals surface area contributed by atoms with E-state index in [0.29, 0.717) is 25.3 Å². The average Bonchev–Trinajstić information content (AvgIpc) is 2.90. The van der Waals surface area contributed by atoms with Gasteiger partial charge in [0.1, 0.15) is 5.69 Å². The van der Waals surface area contributed by atoms with Crippen LogP contribution in [0.4, 0.5) is 0 Å². The number of likely N-dealkylation sites (tertiary alicyclic amines) is 1. The molecule has 1 saturated heterocycles. The first kappa shape index (κ1) is 15.7. The van der Waals surface area contributed by atoms with Gasteiger partial charge in [0, 0.05) is 25.8 Å². The van der Waals surface area contributed by atoms with Crippen molar-refractivity contribution in [1.29, 1.82) is 0 Å². The normalized spacial score (nSPS) is 15.4. The molecule has 2 heterocycles. The van der Waals surface area contributed by atoms with Crippen LogP contribution in [0, 0.1) is 0 Å². The molecule has 2 aromatic rings. The summed E-state index contributed by atoms with van der Waals surface area (Å²) in [5.41, 5.74) is 1.69. The predicted octanol–water partition coefficient (Wildman–Crippen LogP) is 0.154. The Kier molecular flexibility index (Phi) is 4.20.